The van der Waals surface area contributed by atoms with Crippen LogP contribution >= 0.6 is 0 Å². The summed E-state index contributed by atoms with van der Waals surface area (Å²) in [7, 11) is 0. The number of hydrogen-bond acceptors (Lipinski definition) is 3. The highest BCUT2D eigenvalue weighted by atomic mass is 19.1. The monoisotopic (exact) mass is 387 g/mol. The summed E-state index contributed by atoms with van der Waals surface area (Å²) >= 11 is 0. The largest absolute Gasteiger partial charge is 0.368 e. The first-order valence-corrected chi connectivity index (χ1v) is 10.3. The number of fused-ring (bicyclic) bond motifs is 2. The van der Waals surface area contributed by atoms with E-state index in [1.807, 2.05) is 4.90 Å². The van der Waals surface area contributed by atoms with Gasteiger partial charge in [-0.3, -0.25) is 9.59 Å². The minimum absolute atomic E-state index is 0.129. The predicted molar refractivity (Wildman–Crippen MR) is 106 cm³/mol. The van der Waals surface area contributed by atoms with Gasteiger partial charge in [-0.05, 0) is 54.4 Å². The van der Waals surface area contributed by atoms with Crippen LogP contribution in [0.3, 0.4) is 0 Å². The van der Waals surface area contributed by atoms with E-state index >= 15 is 0 Å². The molecule has 3 fully saturated rings. The molecule has 5 nitrogen and oxygen atoms in total. The van der Waals surface area contributed by atoms with Crippen LogP contribution in [0.4, 0.5) is 10.1 Å². The van der Waals surface area contributed by atoms with Gasteiger partial charge in [0.05, 0.1) is 0 Å². The Bertz CT molecular complexity index is 770. The number of anilines is 1. The first kappa shape index (κ1) is 19.2. The number of halogens is 1. The topological polar surface area (TPSA) is 43.9 Å². The average Bonchev–Trinajstić information content (AvgIpc) is 2.90. The number of amides is 2. The molecule has 1 saturated carbocycles. The van der Waals surface area contributed by atoms with Crippen molar-refractivity contribution in [1.29, 1.82) is 0 Å². The Labute approximate surface area is 166 Å². The van der Waals surface area contributed by atoms with Crippen molar-refractivity contribution in [3.05, 3.63) is 30.1 Å². The zero-order valence-electron chi connectivity index (χ0n) is 17.1. The van der Waals surface area contributed by atoms with E-state index in [1.165, 1.54) is 12.1 Å². The highest BCUT2D eigenvalue weighted by Gasteiger charge is 2.52. The fourth-order valence-electron chi connectivity index (χ4n) is 5.78. The van der Waals surface area contributed by atoms with Crippen molar-refractivity contribution in [2.75, 3.05) is 37.6 Å². The molecule has 6 heteroatoms. The Morgan fingerprint density at radius 1 is 0.964 bits per heavy atom. The van der Waals surface area contributed by atoms with Crippen molar-refractivity contribution < 1.29 is 14.0 Å². The van der Waals surface area contributed by atoms with Crippen LogP contribution in [0.25, 0.3) is 0 Å². The molecular weight excluding hydrogens is 357 g/mol. The Balaban J connectivity index is 1.38. The van der Waals surface area contributed by atoms with E-state index in [-0.39, 0.29) is 34.5 Å². The molecule has 0 aromatic heterocycles. The highest BCUT2D eigenvalue weighted by Crippen LogP contribution is 2.52. The first-order chi connectivity index (χ1) is 13.2. The molecule has 2 aliphatic heterocycles. The number of nitrogens with zero attached hydrogens (tertiary/aromatic N) is 3. The van der Waals surface area contributed by atoms with Gasteiger partial charge in [0, 0.05) is 44.5 Å². The van der Waals surface area contributed by atoms with E-state index in [9.17, 15) is 14.0 Å². The number of rotatable bonds is 1. The van der Waals surface area contributed by atoms with E-state index < -0.39 is 0 Å². The lowest BCUT2D eigenvalue weighted by Gasteiger charge is -2.39. The molecule has 0 N–H and O–H groups in total. The van der Waals surface area contributed by atoms with E-state index in [0.717, 1.165) is 24.9 Å². The molecule has 2 atom stereocenters. The van der Waals surface area contributed by atoms with Gasteiger partial charge in [0.25, 0.3) is 0 Å². The summed E-state index contributed by atoms with van der Waals surface area (Å²) in [5, 5.41) is 0. The van der Waals surface area contributed by atoms with Crippen LogP contribution < -0.4 is 4.90 Å². The van der Waals surface area contributed by atoms with Crippen LogP contribution in [-0.4, -0.2) is 60.4 Å². The summed E-state index contributed by atoms with van der Waals surface area (Å²) in [4.78, 5) is 31.6. The van der Waals surface area contributed by atoms with Crippen molar-refractivity contribution in [3.8, 4) is 0 Å². The van der Waals surface area contributed by atoms with Gasteiger partial charge >= 0.3 is 11.8 Å². The molecule has 3 aliphatic rings. The smallest absolute Gasteiger partial charge is 0.312 e. The lowest BCUT2D eigenvalue weighted by molar-refractivity contribution is -0.152. The third-order valence-corrected chi connectivity index (χ3v) is 6.62. The van der Waals surface area contributed by atoms with Gasteiger partial charge in [0.1, 0.15) is 5.82 Å². The van der Waals surface area contributed by atoms with Gasteiger partial charge in [0.2, 0.25) is 0 Å². The molecule has 2 heterocycles. The minimum Gasteiger partial charge on any atom is -0.368 e. The number of carbonyl (C=O) groups excluding carboxylic acids is 2. The highest BCUT2D eigenvalue weighted by molar-refractivity contribution is 6.35. The standard InChI is InChI=1S/C22H30FN3O2/c1-21(2)12-18-13-22(3,14-21)15-26(18)20(28)19(27)25-10-8-24(9-11-25)17-6-4-16(23)5-7-17/h4-7,18H,8-15H2,1-3H3. The number of hydrogen-bond donors (Lipinski definition) is 0. The lowest BCUT2D eigenvalue weighted by Crippen LogP contribution is -2.54. The van der Waals surface area contributed by atoms with Crippen LogP contribution in [0.1, 0.15) is 40.0 Å². The molecule has 0 spiro atoms. The van der Waals surface area contributed by atoms with E-state index in [2.05, 4.69) is 25.7 Å². The molecule has 1 aromatic carbocycles. The van der Waals surface area contributed by atoms with Crippen LogP contribution in [0.2, 0.25) is 0 Å². The summed E-state index contributed by atoms with van der Waals surface area (Å²) in [6, 6.07) is 6.59. The molecule has 0 radical (unpaired) electrons. The average molecular weight is 387 g/mol. The lowest BCUT2D eigenvalue weighted by atomic mass is 9.65. The number of carbonyl (C=O) groups is 2. The first-order valence-electron chi connectivity index (χ1n) is 10.3. The van der Waals surface area contributed by atoms with E-state index in [4.69, 9.17) is 0 Å². The van der Waals surface area contributed by atoms with Crippen molar-refractivity contribution in [3.63, 3.8) is 0 Å². The van der Waals surface area contributed by atoms with Crippen LogP contribution in [0, 0.1) is 16.6 Å². The molecule has 152 valence electrons. The predicted octanol–water partition coefficient (Wildman–Crippen LogP) is 2.90. The van der Waals surface area contributed by atoms with Crippen molar-refractivity contribution in [2.45, 2.75) is 46.1 Å². The summed E-state index contributed by atoms with van der Waals surface area (Å²) in [6.45, 7) is 9.81. The summed E-state index contributed by atoms with van der Waals surface area (Å²) in [6.07, 6.45) is 3.08. The Hall–Kier alpha value is -2.11. The molecule has 1 aliphatic carbocycles. The molecule has 4 rings (SSSR count). The third kappa shape index (κ3) is 3.61. The second kappa shape index (κ2) is 6.75. The molecule has 28 heavy (non-hydrogen) atoms. The maximum Gasteiger partial charge on any atom is 0.312 e. The van der Waals surface area contributed by atoms with Crippen molar-refractivity contribution in [1.82, 2.24) is 9.80 Å². The fourth-order valence-corrected chi connectivity index (χ4v) is 5.78. The minimum atomic E-state index is -0.368. The molecular formula is C22H30FN3O2. The van der Waals surface area contributed by atoms with E-state index in [1.54, 1.807) is 17.0 Å². The number of likely N-dealkylation sites (tertiary alicyclic amines) is 1. The van der Waals surface area contributed by atoms with Gasteiger partial charge in [-0.1, -0.05) is 20.8 Å². The molecule has 2 unspecified atom stereocenters. The van der Waals surface area contributed by atoms with Crippen molar-refractivity contribution >= 4 is 17.5 Å². The maximum atomic E-state index is 13.1. The zero-order valence-corrected chi connectivity index (χ0v) is 17.1. The van der Waals surface area contributed by atoms with Crippen LogP contribution in [-0.2, 0) is 9.59 Å². The summed E-state index contributed by atoms with van der Waals surface area (Å²) < 4.78 is 13.1. The molecule has 2 saturated heterocycles. The van der Waals surface area contributed by atoms with Crippen LogP contribution in [0.15, 0.2) is 24.3 Å². The van der Waals surface area contributed by atoms with Gasteiger partial charge in [-0.25, -0.2) is 4.39 Å². The van der Waals surface area contributed by atoms with Gasteiger partial charge in [0.15, 0.2) is 0 Å². The van der Waals surface area contributed by atoms with Gasteiger partial charge < -0.3 is 14.7 Å². The van der Waals surface area contributed by atoms with Crippen molar-refractivity contribution in [2.24, 2.45) is 10.8 Å². The van der Waals surface area contributed by atoms with Gasteiger partial charge in [-0.15, -0.1) is 0 Å². The Morgan fingerprint density at radius 2 is 1.61 bits per heavy atom. The van der Waals surface area contributed by atoms with E-state index in [0.29, 0.717) is 32.7 Å². The SMILES string of the molecule is CC1(C)CC2CC(C)(CN2C(=O)C(=O)N2CCN(c3ccc(F)cc3)CC2)C1. The normalized spacial score (nSPS) is 29.1. The van der Waals surface area contributed by atoms with Gasteiger partial charge in [-0.2, -0.15) is 0 Å². The third-order valence-electron chi connectivity index (χ3n) is 6.62. The Morgan fingerprint density at radius 3 is 2.25 bits per heavy atom. The fraction of sp³-hybridized carbons (Fsp3) is 0.636. The molecule has 2 amide bonds. The molecule has 1 aromatic rings. The Kier molecular flexibility index (Phi) is 4.63. The summed E-state index contributed by atoms with van der Waals surface area (Å²) in [5.41, 5.74) is 1.29. The summed E-state index contributed by atoms with van der Waals surface area (Å²) in [5.74, 6) is -0.953. The quantitative estimate of drug-likeness (QED) is 0.696. The number of benzene rings is 1. The number of piperazine rings is 1. The second-order valence-corrected chi connectivity index (χ2v) is 9.90. The zero-order chi connectivity index (χ0) is 20.1. The molecule has 2 bridgehead atoms. The second-order valence-electron chi connectivity index (χ2n) is 9.90. The maximum absolute atomic E-state index is 13.1. The van der Waals surface area contributed by atoms with Crippen LogP contribution in [0.5, 0.6) is 0 Å².